The van der Waals surface area contributed by atoms with Crippen molar-refractivity contribution in [2.75, 3.05) is 0 Å². The normalized spacial score (nSPS) is 10.9. The van der Waals surface area contributed by atoms with Crippen molar-refractivity contribution in [3.05, 3.63) is 0 Å². The maximum Gasteiger partial charge on any atom is 1.00 e. The molecule has 0 heterocycles. The van der Waals surface area contributed by atoms with Gasteiger partial charge in [0.1, 0.15) is 0 Å². The molecule has 0 saturated carbocycles. The fourth-order valence-electron chi connectivity index (χ4n) is 0.0680. The molecule has 0 N–H and O–H groups in total. The van der Waals surface area contributed by atoms with Crippen LogP contribution in [0.2, 0.25) is 0 Å². The van der Waals surface area contributed by atoms with Crippen molar-refractivity contribution in [2.45, 2.75) is 0 Å². The first-order valence-corrected chi connectivity index (χ1v) is 5.50. The van der Waals surface area contributed by atoms with E-state index in [2.05, 4.69) is 17.3 Å². The summed E-state index contributed by atoms with van der Waals surface area (Å²) in [4.78, 5) is 0. The van der Waals surface area contributed by atoms with E-state index in [-0.39, 0.29) is 51.7 Å². The first-order valence-electron chi connectivity index (χ1n) is 2.17. The molecule has 0 aliphatic rings. The van der Waals surface area contributed by atoms with Crippen molar-refractivity contribution >= 4 is 84.3 Å². The van der Waals surface area contributed by atoms with Crippen molar-refractivity contribution in [3.63, 3.8) is 0 Å². The van der Waals surface area contributed by atoms with Crippen LogP contribution in [-0.2, 0) is 58.5 Å². The third kappa shape index (κ3) is 26.9. The van der Waals surface area contributed by atoms with E-state index in [1.807, 2.05) is 0 Å². The van der Waals surface area contributed by atoms with Crippen LogP contribution in [0.25, 0.3) is 0 Å². The molecule has 0 aromatic heterocycles. The van der Waals surface area contributed by atoms with Crippen LogP contribution in [0.3, 0.4) is 0 Å². The monoisotopic (exact) mass is 518 g/mol. The molecule has 17 heavy (non-hydrogen) atoms. The Labute approximate surface area is 136 Å². The van der Waals surface area contributed by atoms with Gasteiger partial charge in [-0.2, -0.15) is 4.21 Å². The summed E-state index contributed by atoms with van der Waals surface area (Å²) < 4.78 is 66.7. The molecule has 17 heteroatoms. The Morgan fingerprint density at radius 2 is 1.53 bits per heavy atom. The summed E-state index contributed by atoms with van der Waals surface area (Å²) in [6.45, 7) is 0. The molecule has 1 atom stereocenters. The quantitative estimate of drug-likeness (QED) is 0.198. The SMILES string of the molecule is O=S(#[O+])OOS(=O)(=O)O[O-].[In+].[In].[O]S(=O)O[O-]. The van der Waals surface area contributed by atoms with E-state index in [1.165, 1.54) is 0 Å². The Bertz CT molecular complexity index is 388. The number of hydrogen-bond donors (Lipinski definition) is 0. The van der Waals surface area contributed by atoms with Crippen molar-refractivity contribution < 1.29 is 53.3 Å². The fourth-order valence-corrected chi connectivity index (χ4v) is 0.544. The van der Waals surface area contributed by atoms with Gasteiger partial charge in [0.2, 0.25) is 0 Å². The Morgan fingerprint density at radius 3 is 1.71 bits per heavy atom. The summed E-state index contributed by atoms with van der Waals surface area (Å²) in [5.41, 5.74) is 0. The molecule has 0 fully saturated rings. The molecule has 0 saturated heterocycles. The Kier molecular flexibility index (Phi) is 24.8. The van der Waals surface area contributed by atoms with Gasteiger partial charge in [-0.25, -0.2) is 0 Å². The average molecular weight is 518 g/mol. The molecule has 12 nitrogen and oxygen atoms in total. The topological polar surface area (TPSA) is 191 Å². The molecule has 0 amide bonds. The van der Waals surface area contributed by atoms with Crippen molar-refractivity contribution in [1.29, 1.82) is 0 Å². The van der Waals surface area contributed by atoms with Crippen molar-refractivity contribution in [2.24, 2.45) is 0 Å². The molecule has 0 bridgehead atoms. The summed E-state index contributed by atoms with van der Waals surface area (Å²) in [5.74, 6) is 0. The first kappa shape index (κ1) is 27.0. The second kappa shape index (κ2) is 15.6. The van der Waals surface area contributed by atoms with Gasteiger partial charge in [0.25, 0.3) is 0 Å². The van der Waals surface area contributed by atoms with Gasteiger partial charge in [-0.15, -0.1) is 0 Å². The Balaban J connectivity index is -0.000000105. The van der Waals surface area contributed by atoms with Crippen LogP contribution in [0.15, 0.2) is 0 Å². The van der Waals surface area contributed by atoms with Crippen LogP contribution >= 0.6 is 0 Å². The standard InChI is InChI=1S/2In.O8S2.HO4S/c;;1-6-10(4,5)8-7-9(2)3;1-4-5(2)3/h;;;1H/q;+1;;/p-1. The van der Waals surface area contributed by atoms with E-state index in [0.29, 0.717) is 0 Å². The van der Waals surface area contributed by atoms with E-state index in [9.17, 15) is 16.7 Å². The maximum absolute atomic E-state index is 9.75. The van der Waals surface area contributed by atoms with Gasteiger partial charge >= 0.3 is 93.4 Å². The average Bonchev–Trinajstić information content (AvgIpc) is 2.16. The van der Waals surface area contributed by atoms with Gasteiger partial charge in [0.15, 0.2) is 0 Å². The van der Waals surface area contributed by atoms with Crippen molar-refractivity contribution in [3.8, 4) is 0 Å². The molecule has 0 aliphatic heterocycles. The zero-order valence-corrected chi connectivity index (χ0v) is 16.3. The molecule has 0 aromatic carbocycles. The van der Waals surface area contributed by atoms with Gasteiger partial charge in [0.05, 0.1) is 0 Å². The molecule has 6 radical (unpaired) electrons. The van der Waals surface area contributed by atoms with Crippen LogP contribution in [0.5, 0.6) is 0 Å². The molecule has 0 aromatic rings. The zero-order valence-electron chi connectivity index (χ0n) is 7.28. The van der Waals surface area contributed by atoms with E-state index < -0.39 is 32.6 Å². The largest absolute Gasteiger partial charge is 1.00 e. The van der Waals surface area contributed by atoms with Crippen LogP contribution in [0, 0.1) is 0 Å². The predicted octanol–water partition coefficient (Wildman–Crippen LogP) is -4.99. The molecular weight excluding hydrogens is 518 g/mol. The van der Waals surface area contributed by atoms with Gasteiger partial charge in [-0.1, -0.05) is 4.55 Å². The van der Waals surface area contributed by atoms with E-state index in [0.717, 1.165) is 0 Å². The van der Waals surface area contributed by atoms with E-state index in [1.54, 1.807) is 0 Å². The van der Waals surface area contributed by atoms with Crippen LogP contribution in [0.1, 0.15) is 0 Å². The van der Waals surface area contributed by atoms with Crippen LogP contribution < -0.4 is 10.5 Å². The van der Waals surface area contributed by atoms with Gasteiger partial charge < -0.3 is 9.59 Å². The second-order valence-electron chi connectivity index (χ2n) is 1.09. The van der Waals surface area contributed by atoms with Gasteiger partial charge in [-0.3, -0.25) is 0 Å². The number of hydrogen-bond acceptors (Lipinski definition) is 10. The Morgan fingerprint density at radius 1 is 1.18 bits per heavy atom. The van der Waals surface area contributed by atoms with E-state index in [4.69, 9.17) is 19.3 Å². The fraction of sp³-hybridized carbons (Fsp3) is 0. The van der Waals surface area contributed by atoms with Crippen molar-refractivity contribution in [1.82, 2.24) is 0 Å². The summed E-state index contributed by atoms with van der Waals surface area (Å²) in [6, 6.07) is 0. The minimum atomic E-state index is -4.89. The molecular formula is In2O12S3. The third-order valence-electron chi connectivity index (χ3n) is 0.306. The predicted molar refractivity (Wildman–Crippen MR) is 42.4 cm³/mol. The second-order valence-corrected chi connectivity index (χ2v) is 3.27. The van der Waals surface area contributed by atoms with Crippen LogP contribution in [0.4, 0.5) is 0 Å². The van der Waals surface area contributed by atoms with Crippen LogP contribution in [-0.4, -0.2) is 68.5 Å². The zero-order chi connectivity index (χ0) is 12.5. The molecule has 0 aliphatic carbocycles. The van der Waals surface area contributed by atoms with Gasteiger partial charge in [-0.05, 0) is 0 Å². The molecule has 0 spiro atoms. The first-order chi connectivity index (χ1) is 6.75. The molecule has 96 valence electrons. The minimum absolute atomic E-state index is 0. The summed E-state index contributed by atoms with van der Waals surface area (Å²) in [5, 5.41) is 17.6. The number of rotatable bonds is 4. The smallest absolute Gasteiger partial charge is 0.707 e. The summed E-state index contributed by atoms with van der Waals surface area (Å²) >= 11 is -2.88. The summed E-state index contributed by atoms with van der Waals surface area (Å²) in [7, 11) is -8.07. The minimum Gasteiger partial charge on any atom is -0.707 e. The maximum atomic E-state index is 9.75. The molecule has 1 unspecified atom stereocenters. The molecule has 0 rings (SSSR count). The van der Waals surface area contributed by atoms with Gasteiger partial charge in [0, 0.05) is 25.8 Å². The Hall–Kier alpha value is 1.54. The van der Waals surface area contributed by atoms with E-state index >= 15 is 0 Å². The summed E-state index contributed by atoms with van der Waals surface area (Å²) in [6.07, 6.45) is 0. The third-order valence-corrected chi connectivity index (χ3v) is 1.08.